The normalized spacial score (nSPS) is 18.4. The summed E-state index contributed by atoms with van der Waals surface area (Å²) in [4.78, 5) is 30.7. The number of nitrogens with one attached hydrogen (secondary N) is 1. The number of hydrogen-bond acceptors (Lipinski definition) is 2. The van der Waals surface area contributed by atoms with Crippen LogP contribution in [0.2, 0.25) is 0 Å². The molecule has 5 heteroatoms. The van der Waals surface area contributed by atoms with Gasteiger partial charge in [0.2, 0.25) is 5.91 Å². The van der Waals surface area contributed by atoms with E-state index in [1.807, 2.05) is 9.80 Å². The average Bonchev–Trinajstić information content (AvgIpc) is 3.30. The van der Waals surface area contributed by atoms with Gasteiger partial charge in [-0.05, 0) is 65.8 Å². The molecular weight excluding hydrogens is 470 g/mol. The van der Waals surface area contributed by atoms with Crippen molar-refractivity contribution in [3.8, 4) is 0 Å². The van der Waals surface area contributed by atoms with Crippen LogP contribution < -0.4 is 5.32 Å². The highest BCUT2D eigenvalue weighted by Crippen LogP contribution is 2.38. The number of nitrogens with zero attached hydrogens (tertiary/aromatic N) is 2. The summed E-state index contributed by atoms with van der Waals surface area (Å²) in [6.45, 7) is 7.17. The Labute approximate surface area is 227 Å². The summed E-state index contributed by atoms with van der Waals surface area (Å²) in [7, 11) is 0. The summed E-state index contributed by atoms with van der Waals surface area (Å²) in [5.41, 5.74) is 7.74. The number of carbonyl (C=O) groups excluding carboxylic acids is 2. The maximum absolute atomic E-state index is 13.7. The van der Waals surface area contributed by atoms with Gasteiger partial charge in [0.15, 0.2) is 0 Å². The van der Waals surface area contributed by atoms with Gasteiger partial charge >= 0.3 is 6.03 Å². The van der Waals surface area contributed by atoms with E-state index in [9.17, 15) is 9.59 Å². The van der Waals surface area contributed by atoms with E-state index in [-0.39, 0.29) is 11.9 Å². The zero-order valence-corrected chi connectivity index (χ0v) is 22.9. The molecule has 2 heterocycles. The quantitative estimate of drug-likeness (QED) is 0.429. The van der Waals surface area contributed by atoms with E-state index in [2.05, 4.69) is 79.8 Å². The predicted molar refractivity (Wildman–Crippen MR) is 155 cm³/mol. The van der Waals surface area contributed by atoms with Gasteiger partial charge in [-0.25, -0.2) is 4.79 Å². The molecule has 2 aromatic carbocycles. The van der Waals surface area contributed by atoms with E-state index in [0.29, 0.717) is 25.4 Å². The van der Waals surface area contributed by atoms with E-state index in [4.69, 9.17) is 0 Å². The molecule has 3 amide bonds. The number of likely N-dealkylation sites (tertiary alicyclic amines) is 2. The molecule has 0 bridgehead atoms. The third-order valence-corrected chi connectivity index (χ3v) is 8.13. The lowest BCUT2D eigenvalue weighted by molar-refractivity contribution is -0.134. The van der Waals surface area contributed by atoms with Gasteiger partial charge in [0.25, 0.3) is 0 Å². The van der Waals surface area contributed by atoms with Gasteiger partial charge in [0, 0.05) is 26.2 Å². The molecule has 1 aliphatic carbocycles. The number of fused-ring (bicyclic) bond motifs is 2. The molecule has 0 saturated carbocycles. The molecule has 0 aromatic heterocycles. The second-order valence-corrected chi connectivity index (χ2v) is 11.3. The highest BCUT2D eigenvalue weighted by Gasteiger charge is 2.31. The zero-order chi connectivity index (χ0) is 26.5. The summed E-state index contributed by atoms with van der Waals surface area (Å²) in [6, 6.07) is 16.7. The first-order chi connectivity index (χ1) is 18.5. The zero-order valence-electron chi connectivity index (χ0n) is 22.9. The third kappa shape index (κ3) is 5.87. The fraction of sp³-hybridized carbons (Fsp3) is 0.455. The first-order valence-electron chi connectivity index (χ1n) is 14.4. The van der Waals surface area contributed by atoms with Gasteiger partial charge in [-0.1, -0.05) is 92.9 Å². The topological polar surface area (TPSA) is 52.7 Å². The van der Waals surface area contributed by atoms with Crippen molar-refractivity contribution in [1.29, 1.82) is 0 Å². The number of carbonyl (C=O) groups is 2. The fourth-order valence-corrected chi connectivity index (χ4v) is 6.12. The molecule has 38 heavy (non-hydrogen) atoms. The second kappa shape index (κ2) is 12.0. The Morgan fingerprint density at radius 3 is 1.87 bits per heavy atom. The number of amides is 3. The smallest absolute Gasteiger partial charge is 0.318 e. The highest BCUT2D eigenvalue weighted by atomic mass is 16.2. The van der Waals surface area contributed by atoms with Gasteiger partial charge in [0.1, 0.15) is 6.04 Å². The van der Waals surface area contributed by atoms with Crippen molar-refractivity contribution in [3.05, 3.63) is 76.4 Å². The average molecular weight is 512 g/mol. The molecule has 1 atom stereocenters. The van der Waals surface area contributed by atoms with Crippen molar-refractivity contribution in [1.82, 2.24) is 15.1 Å². The van der Waals surface area contributed by atoms with Crippen LogP contribution in [0.3, 0.4) is 0 Å². The molecule has 1 N–H and O–H groups in total. The maximum atomic E-state index is 13.7. The molecule has 0 radical (unpaired) electrons. The van der Waals surface area contributed by atoms with Crippen LogP contribution in [0.4, 0.5) is 4.79 Å². The van der Waals surface area contributed by atoms with Gasteiger partial charge in [0.05, 0.1) is 0 Å². The molecule has 200 valence electrons. The van der Waals surface area contributed by atoms with Crippen LogP contribution in [-0.2, 0) is 4.79 Å². The summed E-state index contributed by atoms with van der Waals surface area (Å²) < 4.78 is 0. The van der Waals surface area contributed by atoms with Gasteiger partial charge < -0.3 is 15.1 Å². The molecule has 2 saturated heterocycles. The lowest BCUT2D eigenvalue weighted by Gasteiger charge is -2.34. The number of piperidine rings is 1. The van der Waals surface area contributed by atoms with E-state index < -0.39 is 6.04 Å². The van der Waals surface area contributed by atoms with E-state index in [0.717, 1.165) is 38.8 Å². The van der Waals surface area contributed by atoms with Crippen LogP contribution in [0.5, 0.6) is 0 Å². The standard InChI is InChI=1S/C33H41N3O2/c1-24(2)23-30(34-33(38)36-19-9-3-4-10-20-36)32(37)35-21-17-27(18-22-35)31-28-13-7-5-11-25(28)15-16-26-12-6-8-14-29(26)31/h5-8,11-16,24,30H,3-4,9-10,17-23H2,1-2H3,(H,34,38)/t30-/m0/s1. The minimum atomic E-state index is -0.469. The highest BCUT2D eigenvalue weighted by molar-refractivity contribution is 5.95. The fourth-order valence-electron chi connectivity index (χ4n) is 6.12. The van der Waals surface area contributed by atoms with E-state index >= 15 is 0 Å². The number of benzene rings is 2. The van der Waals surface area contributed by atoms with E-state index in [1.165, 1.54) is 46.2 Å². The Bertz CT molecular complexity index is 1160. The predicted octanol–water partition coefficient (Wildman–Crippen LogP) is 6.60. The second-order valence-electron chi connectivity index (χ2n) is 11.3. The summed E-state index contributed by atoms with van der Waals surface area (Å²) in [5, 5.41) is 3.13. The van der Waals surface area contributed by atoms with E-state index in [1.54, 1.807) is 0 Å². The number of urea groups is 1. The summed E-state index contributed by atoms with van der Waals surface area (Å²) >= 11 is 0. The van der Waals surface area contributed by atoms with Crippen LogP contribution in [-0.4, -0.2) is 54.0 Å². The molecule has 3 aliphatic rings. The van der Waals surface area contributed by atoms with Crippen molar-refractivity contribution in [3.63, 3.8) is 0 Å². The Morgan fingerprint density at radius 1 is 0.763 bits per heavy atom. The van der Waals surface area contributed by atoms with Crippen molar-refractivity contribution >= 4 is 29.7 Å². The Kier molecular flexibility index (Phi) is 8.31. The van der Waals surface area contributed by atoms with Gasteiger partial charge in [-0.2, -0.15) is 0 Å². The molecule has 0 spiro atoms. The number of hydrogen-bond donors (Lipinski definition) is 1. The number of rotatable bonds is 4. The maximum Gasteiger partial charge on any atom is 0.318 e. The molecular formula is C33H41N3O2. The molecule has 5 nitrogen and oxygen atoms in total. The van der Waals surface area contributed by atoms with Crippen LogP contribution in [0.1, 0.15) is 81.0 Å². The Balaban J connectivity index is 1.34. The van der Waals surface area contributed by atoms with Crippen molar-refractivity contribution in [2.24, 2.45) is 5.92 Å². The first kappa shape index (κ1) is 26.3. The van der Waals surface area contributed by atoms with Crippen molar-refractivity contribution < 1.29 is 9.59 Å². The molecule has 2 fully saturated rings. The molecule has 5 rings (SSSR count). The first-order valence-corrected chi connectivity index (χ1v) is 14.4. The van der Waals surface area contributed by atoms with Crippen LogP contribution in [0, 0.1) is 5.92 Å². The van der Waals surface area contributed by atoms with Crippen molar-refractivity contribution in [2.75, 3.05) is 26.2 Å². The summed E-state index contributed by atoms with van der Waals surface area (Å²) in [5.74, 6) is 0.386. The largest absolute Gasteiger partial charge is 0.340 e. The molecule has 2 aliphatic heterocycles. The van der Waals surface area contributed by atoms with Crippen LogP contribution >= 0.6 is 0 Å². The minimum absolute atomic E-state index is 0.0641. The SMILES string of the molecule is CC(C)C[C@H](NC(=O)N1CCCCCC1)C(=O)N1CCC(=C2c3ccccc3C=Cc3ccccc32)CC1. The lowest BCUT2D eigenvalue weighted by atomic mass is 9.86. The molecule has 2 aromatic rings. The third-order valence-electron chi connectivity index (χ3n) is 8.13. The monoisotopic (exact) mass is 511 g/mol. The lowest BCUT2D eigenvalue weighted by Crippen LogP contribution is -2.53. The van der Waals surface area contributed by atoms with Crippen molar-refractivity contribution in [2.45, 2.75) is 64.8 Å². The Hall–Kier alpha value is -3.34. The Morgan fingerprint density at radius 2 is 1.32 bits per heavy atom. The molecule has 0 unspecified atom stereocenters. The van der Waals surface area contributed by atoms with Crippen LogP contribution in [0.25, 0.3) is 17.7 Å². The van der Waals surface area contributed by atoms with Gasteiger partial charge in [-0.3, -0.25) is 4.79 Å². The van der Waals surface area contributed by atoms with Crippen LogP contribution in [0.15, 0.2) is 54.1 Å². The van der Waals surface area contributed by atoms with Gasteiger partial charge in [-0.15, -0.1) is 0 Å². The minimum Gasteiger partial charge on any atom is -0.340 e. The summed E-state index contributed by atoms with van der Waals surface area (Å²) in [6.07, 6.45) is 11.2.